The van der Waals surface area contributed by atoms with Crippen molar-refractivity contribution in [1.29, 1.82) is 0 Å². The molecule has 0 aliphatic carbocycles. The number of unbranched alkanes of at least 4 members (excludes halogenated alkanes) is 5. The Hall–Kier alpha value is 0.394. The first-order valence-electron chi connectivity index (χ1n) is 6.99. The van der Waals surface area contributed by atoms with Gasteiger partial charge < -0.3 is 5.11 Å². The molecule has 0 amide bonds. The highest BCUT2D eigenvalue weighted by molar-refractivity contribution is 6.89. The molecule has 1 unspecified atom stereocenters. The molecule has 0 saturated heterocycles. The highest BCUT2D eigenvalue weighted by Gasteiger charge is 2.02. The maximum Gasteiger partial charge on any atom is 0.0540 e. The zero-order valence-corrected chi connectivity index (χ0v) is 14.2. The van der Waals surface area contributed by atoms with Crippen LogP contribution in [0.15, 0.2) is 0 Å². The van der Waals surface area contributed by atoms with Crippen LogP contribution >= 0.6 is 0 Å². The average Bonchev–Trinajstić information content (AvgIpc) is 2.24. The van der Waals surface area contributed by atoms with Crippen LogP contribution in [0, 0.1) is 0 Å². The van der Waals surface area contributed by atoms with E-state index in [9.17, 15) is 5.11 Å². The lowest BCUT2D eigenvalue weighted by atomic mass is 10.0. The minimum Gasteiger partial charge on any atom is -0.393 e. The Morgan fingerprint density at radius 3 is 2.20 bits per heavy atom. The monoisotopic (exact) mass is 246 g/mol. The standard InChI is InChI=1S/C12H30OSi2/c1-2-3-4-5-6-9-12(13)10-7-8-11-15-14/h12-13H,2-11,15H2,1,14H3. The van der Waals surface area contributed by atoms with Crippen LogP contribution in [0.2, 0.25) is 6.04 Å². The van der Waals surface area contributed by atoms with E-state index in [1.54, 1.807) is 0 Å². The smallest absolute Gasteiger partial charge is 0.0540 e. The van der Waals surface area contributed by atoms with Crippen molar-refractivity contribution in [2.75, 3.05) is 0 Å². The van der Waals surface area contributed by atoms with Crippen LogP contribution in [0.3, 0.4) is 0 Å². The number of hydrogen-bond acceptors (Lipinski definition) is 1. The molecule has 1 nitrogen and oxygen atoms in total. The van der Waals surface area contributed by atoms with Gasteiger partial charge in [0.15, 0.2) is 0 Å². The second-order valence-corrected chi connectivity index (χ2v) is 9.41. The van der Waals surface area contributed by atoms with Crippen LogP contribution in [0.25, 0.3) is 0 Å². The van der Waals surface area contributed by atoms with E-state index in [1.165, 1.54) is 60.7 Å². The molecule has 0 aromatic rings. The van der Waals surface area contributed by atoms with Crippen molar-refractivity contribution in [3.63, 3.8) is 0 Å². The molecule has 0 aliphatic heterocycles. The minimum atomic E-state index is 0.00222. The van der Waals surface area contributed by atoms with Crippen molar-refractivity contribution in [1.82, 2.24) is 0 Å². The van der Waals surface area contributed by atoms with E-state index >= 15 is 0 Å². The maximum atomic E-state index is 9.73. The number of rotatable bonds is 11. The fourth-order valence-corrected chi connectivity index (χ4v) is 4.29. The van der Waals surface area contributed by atoms with Crippen molar-refractivity contribution in [3.05, 3.63) is 0 Å². The Morgan fingerprint density at radius 2 is 1.60 bits per heavy atom. The van der Waals surface area contributed by atoms with Crippen LogP contribution in [0.5, 0.6) is 0 Å². The van der Waals surface area contributed by atoms with Gasteiger partial charge in [-0.1, -0.05) is 57.9 Å². The average molecular weight is 247 g/mol. The van der Waals surface area contributed by atoms with Gasteiger partial charge in [0.05, 0.1) is 6.10 Å². The predicted octanol–water partition coefficient (Wildman–Crippen LogP) is 1.75. The third-order valence-electron chi connectivity index (χ3n) is 3.03. The molecule has 0 spiro atoms. The van der Waals surface area contributed by atoms with E-state index in [1.807, 2.05) is 0 Å². The third kappa shape index (κ3) is 12.3. The number of aliphatic hydroxyl groups excluding tert-OH is 1. The molecule has 0 radical (unpaired) electrons. The summed E-state index contributed by atoms with van der Waals surface area (Å²) in [6, 6.07) is 1.52. The van der Waals surface area contributed by atoms with Crippen molar-refractivity contribution < 1.29 is 5.11 Å². The number of hydrogen-bond donors (Lipinski definition) is 1. The third-order valence-corrected chi connectivity index (χ3v) is 6.36. The Labute approximate surface area is 101 Å². The van der Waals surface area contributed by atoms with Gasteiger partial charge in [0.1, 0.15) is 0 Å². The van der Waals surface area contributed by atoms with Gasteiger partial charge >= 0.3 is 0 Å². The quantitative estimate of drug-likeness (QED) is 0.435. The highest BCUT2D eigenvalue weighted by atomic mass is 29.1. The van der Waals surface area contributed by atoms with E-state index in [2.05, 4.69) is 6.92 Å². The lowest BCUT2D eigenvalue weighted by molar-refractivity contribution is 0.148. The van der Waals surface area contributed by atoms with Crippen LogP contribution in [0.1, 0.15) is 64.7 Å². The molecule has 0 rings (SSSR count). The predicted molar refractivity (Wildman–Crippen MR) is 76.5 cm³/mol. The first kappa shape index (κ1) is 15.4. The molecule has 0 aromatic heterocycles. The van der Waals surface area contributed by atoms with Gasteiger partial charge in [-0.25, -0.2) is 0 Å². The molecule has 3 heteroatoms. The van der Waals surface area contributed by atoms with Crippen LogP contribution < -0.4 is 0 Å². The zero-order valence-electron chi connectivity index (χ0n) is 10.8. The van der Waals surface area contributed by atoms with Gasteiger partial charge in [0.2, 0.25) is 0 Å². The van der Waals surface area contributed by atoms with E-state index < -0.39 is 0 Å². The summed E-state index contributed by atoms with van der Waals surface area (Å²) in [5, 5.41) is 9.73. The van der Waals surface area contributed by atoms with Crippen LogP contribution in [-0.4, -0.2) is 30.0 Å². The summed E-state index contributed by atoms with van der Waals surface area (Å²) in [7, 11) is 1.88. The molecule has 0 aromatic carbocycles. The van der Waals surface area contributed by atoms with Crippen LogP contribution in [0.4, 0.5) is 0 Å². The minimum absolute atomic E-state index is 0.00222. The molecule has 1 atom stereocenters. The van der Waals surface area contributed by atoms with Gasteiger partial charge in [-0.15, -0.1) is 0 Å². The molecule has 0 fully saturated rings. The summed E-state index contributed by atoms with van der Waals surface area (Å²) < 4.78 is 0. The molecular weight excluding hydrogens is 216 g/mol. The largest absolute Gasteiger partial charge is 0.393 e. The Kier molecular flexibility index (Phi) is 12.8. The maximum absolute atomic E-state index is 9.73. The van der Waals surface area contributed by atoms with Crippen molar-refractivity contribution in [3.8, 4) is 0 Å². The lowest BCUT2D eigenvalue weighted by Gasteiger charge is -2.09. The zero-order chi connectivity index (χ0) is 11.4. The molecule has 1 N–H and O–H groups in total. The van der Waals surface area contributed by atoms with Gasteiger partial charge in [0.25, 0.3) is 0 Å². The van der Waals surface area contributed by atoms with Gasteiger partial charge in [-0.3, -0.25) is 0 Å². The highest BCUT2D eigenvalue weighted by Crippen LogP contribution is 2.11. The molecule has 0 aliphatic rings. The molecular formula is C12H30OSi2. The summed E-state index contributed by atoms with van der Waals surface area (Å²) in [6.45, 7) is 2.24. The lowest BCUT2D eigenvalue weighted by Crippen LogP contribution is -2.06. The first-order chi connectivity index (χ1) is 7.31. The Balaban J connectivity index is 3.08. The van der Waals surface area contributed by atoms with Gasteiger partial charge in [-0.2, -0.15) is 0 Å². The summed E-state index contributed by atoms with van der Waals surface area (Å²) >= 11 is 0. The van der Waals surface area contributed by atoms with Gasteiger partial charge in [-0.05, 0) is 22.6 Å². The second kappa shape index (κ2) is 12.5. The topological polar surface area (TPSA) is 20.2 Å². The molecule has 0 bridgehead atoms. The second-order valence-electron chi connectivity index (χ2n) is 4.71. The van der Waals surface area contributed by atoms with E-state index in [0.29, 0.717) is 9.04 Å². The molecule has 15 heavy (non-hydrogen) atoms. The van der Waals surface area contributed by atoms with Crippen molar-refractivity contribution >= 4 is 18.8 Å². The molecule has 0 saturated carbocycles. The Bertz CT molecular complexity index is 120. The summed E-state index contributed by atoms with van der Waals surface area (Å²) in [5.41, 5.74) is 0. The molecule has 92 valence electrons. The SMILES string of the molecule is CCCCCCCC(O)CCCC[SiH2][SiH3]. The summed E-state index contributed by atoms with van der Waals surface area (Å²) in [4.78, 5) is 0. The van der Waals surface area contributed by atoms with Crippen molar-refractivity contribution in [2.45, 2.75) is 76.9 Å². The normalized spacial score (nSPS) is 14.0. The number of aliphatic hydroxyl groups is 1. The summed E-state index contributed by atoms with van der Waals surface area (Å²) in [5.74, 6) is 0. The first-order valence-corrected chi connectivity index (χ1v) is 13.6. The summed E-state index contributed by atoms with van der Waals surface area (Å²) in [6.07, 6.45) is 11.3. The van der Waals surface area contributed by atoms with E-state index in [0.717, 1.165) is 12.8 Å². The van der Waals surface area contributed by atoms with Crippen LogP contribution in [-0.2, 0) is 0 Å². The van der Waals surface area contributed by atoms with Crippen molar-refractivity contribution in [2.24, 2.45) is 0 Å². The fourth-order valence-electron chi connectivity index (χ4n) is 1.93. The Morgan fingerprint density at radius 1 is 1.00 bits per heavy atom. The molecule has 0 heterocycles. The fraction of sp³-hybridized carbons (Fsp3) is 1.00. The van der Waals surface area contributed by atoms with E-state index in [4.69, 9.17) is 0 Å². The van der Waals surface area contributed by atoms with Gasteiger partial charge in [0, 0.05) is 9.04 Å². The van der Waals surface area contributed by atoms with E-state index in [-0.39, 0.29) is 6.10 Å².